The molecule has 0 radical (unpaired) electrons. The Balaban J connectivity index is 1.43. The minimum atomic E-state index is 0.0338. The highest BCUT2D eigenvalue weighted by atomic mass is 16.4. The molecule has 0 unspecified atom stereocenters. The maximum absolute atomic E-state index is 12.9. The summed E-state index contributed by atoms with van der Waals surface area (Å²) in [5.41, 5.74) is 3.22. The Bertz CT molecular complexity index is 1090. The molecule has 0 bridgehead atoms. The van der Waals surface area contributed by atoms with Gasteiger partial charge in [0.15, 0.2) is 0 Å². The van der Waals surface area contributed by atoms with Crippen molar-refractivity contribution in [3.05, 3.63) is 47.5 Å². The number of hydrogen-bond donors (Lipinski definition) is 0. The second kappa shape index (κ2) is 8.37. The minimum absolute atomic E-state index is 0.0338. The molecule has 9 heteroatoms. The average Bonchev–Trinajstić information content (AvgIpc) is 3.40. The molecule has 2 aromatic heterocycles. The highest BCUT2D eigenvalue weighted by Crippen LogP contribution is 2.21. The minimum Gasteiger partial charge on any atom is -0.408 e. The topological polar surface area (TPSA) is 104 Å². The smallest absolute Gasteiger partial charge is 0.318 e. The maximum Gasteiger partial charge on any atom is 0.318 e. The van der Waals surface area contributed by atoms with Crippen molar-refractivity contribution < 1.29 is 9.21 Å². The second-order valence-corrected chi connectivity index (χ2v) is 7.20. The van der Waals surface area contributed by atoms with Crippen LogP contribution in [0.5, 0.6) is 0 Å². The summed E-state index contributed by atoms with van der Waals surface area (Å²) < 4.78 is 7.24. The zero-order valence-electron chi connectivity index (χ0n) is 17.1. The molecule has 0 atom stereocenters. The molecule has 9 nitrogen and oxygen atoms in total. The number of carbonyl (C=O) groups excluding carboxylic acids is 1. The number of piperazine rings is 1. The Kier molecular flexibility index (Phi) is 5.48. The number of carbonyl (C=O) groups is 1. The second-order valence-electron chi connectivity index (χ2n) is 7.20. The van der Waals surface area contributed by atoms with Crippen LogP contribution in [0.3, 0.4) is 0 Å². The maximum atomic E-state index is 12.9. The van der Waals surface area contributed by atoms with Crippen molar-refractivity contribution in [3.8, 4) is 17.3 Å². The van der Waals surface area contributed by atoms with Gasteiger partial charge in [-0.25, -0.2) is 0 Å². The molecule has 1 aliphatic rings. The molecule has 1 fully saturated rings. The van der Waals surface area contributed by atoms with Crippen LogP contribution < -0.4 is 4.90 Å². The van der Waals surface area contributed by atoms with Gasteiger partial charge in [0.1, 0.15) is 6.54 Å². The van der Waals surface area contributed by atoms with Crippen LogP contribution in [0.2, 0.25) is 0 Å². The van der Waals surface area contributed by atoms with Crippen LogP contribution in [-0.4, -0.2) is 57.0 Å². The highest BCUT2D eigenvalue weighted by Gasteiger charge is 2.24. The van der Waals surface area contributed by atoms with Crippen molar-refractivity contribution in [3.63, 3.8) is 0 Å². The standard InChI is InChI=1S/C21H23N7O2/c1-3-18-12-19(17-6-4-5-16(11-17)13-22)25-28(18)14-20(29)26-7-9-27(10-8-26)21-24-23-15(2)30-21/h4-6,11-12H,3,7-10,14H2,1-2H3. The van der Waals surface area contributed by atoms with Gasteiger partial charge in [0.25, 0.3) is 0 Å². The van der Waals surface area contributed by atoms with Crippen molar-refractivity contribution in [1.29, 1.82) is 5.26 Å². The Morgan fingerprint density at radius 1 is 1.20 bits per heavy atom. The molecule has 0 spiro atoms. The predicted octanol–water partition coefficient (Wildman–Crippen LogP) is 2.02. The molecule has 0 saturated carbocycles. The fraction of sp³-hybridized carbons (Fsp3) is 0.381. The van der Waals surface area contributed by atoms with Crippen molar-refractivity contribution in [2.24, 2.45) is 0 Å². The third-order valence-electron chi connectivity index (χ3n) is 5.22. The number of hydrogen-bond acceptors (Lipinski definition) is 7. The number of nitriles is 1. The SMILES string of the molecule is CCc1cc(-c2cccc(C#N)c2)nn1CC(=O)N1CCN(c2nnc(C)o2)CC1. The first-order valence-corrected chi connectivity index (χ1v) is 9.97. The number of amides is 1. The van der Waals surface area contributed by atoms with Crippen molar-refractivity contribution in [2.75, 3.05) is 31.1 Å². The summed E-state index contributed by atoms with van der Waals surface area (Å²) >= 11 is 0. The first-order valence-electron chi connectivity index (χ1n) is 9.97. The fourth-order valence-electron chi connectivity index (χ4n) is 3.56. The highest BCUT2D eigenvalue weighted by molar-refractivity contribution is 5.76. The molecule has 30 heavy (non-hydrogen) atoms. The van der Waals surface area contributed by atoms with Crippen LogP contribution in [0, 0.1) is 18.3 Å². The summed E-state index contributed by atoms with van der Waals surface area (Å²) in [6, 6.07) is 12.0. The van der Waals surface area contributed by atoms with Crippen molar-refractivity contribution in [1.82, 2.24) is 24.9 Å². The van der Waals surface area contributed by atoms with Crippen LogP contribution >= 0.6 is 0 Å². The molecular weight excluding hydrogens is 382 g/mol. The van der Waals surface area contributed by atoms with Gasteiger partial charge in [-0.05, 0) is 24.6 Å². The van der Waals surface area contributed by atoms with Gasteiger partial charge in [0, 0.05) is 44.4 Å². The summed E-state index contributed by atoms with van der Waals surface area (Å²) in [6.45, 7) is 6.49. The quantitative estimate of drug-likeness (QED) is 0.639. The largest absolute Gasteiger partial charge is 0.408 e. The van der Waals surface area contributed by atoms with E-state index < -0.39 is 0 Å². The Hall–Kier alpha value is -3.67. The lowest BCUT2D eigenvalue weighted by Crippen LogP contribution is -2.49. The number of aryl methyl sites for hydroxylation is 2. The molecule has 1 amide bonds. The Morgan fingerprint density at radius 3 is 2.67 bits per heavy atom. The van der Waals surface area contributed by atoms with Crippen LogP contribution in [0.4, 0.5) is 6.01 Å². The zero-order chi connectivity index (χ0) is 21.1. The van der Waals surface area contributed by atoms with Gasteiger partial charge >= 0.3 is 6.01 Å². The fourth-order valence-corrected chi connectivity index (χ4v) is 3.56. The summed E-state index contributed by atoms with van der Waals surface area (Å²) in [5, 5.41) is 21.7. The Labute approximate surface area is 174 Å². The summed E-state index contributed by atoms with van der Waals surface area (Å²) in [5.74, 6) is 0.567. The lowest BCUT2D eigenvalue weighted by Gasteiger charge is -2.33. The van der Waals surface area contributed by atoms with E-state index in [1.807, 2.05) is 41.0 Å². The molecule has 1 aromatic carbocycles. The van der Waals surface area contributed by atoms with Crippen molar-refractivity contribution >= 4 is 11.9 Å². The van der Waals surface area contributed by atoms with E-state index in [1.165, 1.54) is 0 Å². The Morgan fingerprint density at radius 2 is 2.00 bits per heavy atom. The normalized spacial score (nSPS) is 14.0. The van der Waals surface area contributed by atoms with Gasteiger partial charge < -0.3 is 14.2 Å². The number of anilines is 1. The zero-order valence-corrected chi connectivity index (χ0v) is 17.1. The molecule has 4 rings (SSSR count). The van der Waals surface area contributed by atoms with E-state index in [4.69, 9.17) is 9.68 Å². The van der Waals surface area contributed by atoms with Gasteiger partial charge in [-0.2, -0.15) is 10.4 Å². The van der Waals surface area contributed by atoms with Crippen LogP contribution in [0.25, 0.3) is 11.3 Å². The monoisotopic (exact) mass is 405 g/mol. The number of rotatable bonds is 5. The molecule has 0 N–H and O–H groups in total. The van der Waals surface area contributed by atoms with Gasteiger partial charge in [-0.3, -0.25) is 9.48 Å². The lowest BCUT2D eigenvalue weighted by molar-refractivity contribution is -0.132. The lowest BCUT2D eigenvalue weighted by atomic mass is 10.1. The van der Waals surface area contributed by atoms with Crippen molar-refractivity contribution in [2.45, 2.75) is 26.8 Å². The molecule has 1 aliphatic heterocycles. The third-order valence-corrected chi connectivity index (χ3v) is 5.22. The van der Waals surface area contributed by atoms with E-state index in [2.05, 4.69) is 21.4 Å². The molecule has 3 heterocycles. The summed E-state index contributed by atoms with van der Waals surface area (Å²) in [7, 11) is 0. The molecule has 1 saturated heterocycles. The summed E-state index contributed by atoms with van der Waals surface area (Å²) in [6.07, 6.45) is 0.766. The molecule has 0 aliphatic carbocycles. The van der Waals surface area contributed by atoms with E-state index in [1.54, 1.807) is 17.7 Å². The number of aromatic nitrogens is 4. The van der Waals surface area contributed by atoms with E-state index in [0.29, 0.717) is 43.6 Å². The number of benzene rings is 1. The van der Waals surface area contributed by atoms with E-state index in [0.717, 1.165) is 23.4 Å². The summed E-state index contributed by atoms with van der Waals surface area (Å²) in [4.78, 5) is 16.7. The predicted molar refractivity (Wildman–Crippen MR) is 110 cm³/mol. The average molecular weight is 405 g/mol. The third kappa shape index (κ3) is 4.03. The van der Waals surface area contributed by atoms with Crippen LogP contribution in [-0.2, 0) is 17.8 Å². The molecule has 3 aromatic rings. The first-order chi connectivity index (χ1) is 14.6. The van der Waals surface area contributed by atoms with E-state index >= 15 is 0 Å². The molecule has 154 valence electrons. The van der Waals surface area contributed by atoms with Gasteiger partial charge in [-0.15, -0.1) is 5.10 Å². The number of nitrogens with zero attached hydrogens (tertiary/aromatic N) is 7. The van der Waals surface area contributed by atoms with Gasteiger partial charge in [0.05, 0.1) is 17.3 Å². The van der Waals surface area contributed by atoms with Crippen LogP contribution in [0.15, 0.2) is 34.7 Å². The van der Waals surface area contributed by atoms with E-state index in [-0.39, 0.29) is 12.5 Å². The van der Waals surface area contributed by atoms with Gasteiger partial charge in [0.2, 0.25) is 11.8 Å². The molecular formula is C21H23N7O2. The van der Waals surface area contributed by atoms with Gasteiger partial charge in [-0.1, -0.05) is 24.2 Å². The van der Waals surface area contributed by atoms with Crippen LogP contribution in [0.1, 0.15) is 24.1 Å². The van der Waals surface area contributed by atoms with E-state index in [9.17, 15) is 4.79 Å². The first kappa shape index (κ1) is 19.6.